The second kappa shape index (κ2) is 5.62. The lowest BCUT2D eigenvalue weighted by Gasteiger charge is -2.55. The lowest BCUT2D eigenvalue weighted by Crippen LogP contribution is -2.55. The third kappa shape index (κ3) is 2.59. The van der Waals surface area contributed by atoms with Gasteiger partial charge in [0.25, 0.3) is 0 Å². The van der Waals surface area contributed by atoms with Crippen molar-refractivity contribution in [3.8, 4) is 11.5 Å². The smallest absolute Gasteiger partial charge is 0.231 e. The summed E-state index contributed by atoms with van der Waals surface area (Å²) in [7, 11) is 0. The standard InChI is InChI=1S/C21H27NO4/c1-20(24,16-2-3-17-18(7-16)26-12-25-17)11-22-19(23)21-8-13-4-14(9-21)6-15(5-13)10-21/h2-3,7,13-15,24H,4-6,8-12H2,1H3,(H,22,23). The first-order chi connectivity index (χ1) is 12.4. The Morgan fingerprint density at radius 3 is 2.42 bits per heavy atom. The summed E-state index contributed by atoms with van der Waals surface area (Å²) in [5.41, 5.74) is -0.592. The molecule has 1 atom stereocenters. The lowest BCUT2D eigenvalue weighted by atomic mass is 9.49. The molecule has 0 saturated heterocycles. The molecule has 6 rings (SSSR count). The molecule has 0 radical (unpaired) electrons. The highest BCUT2D eigenvalue weighted by molar-refractivity contribution is 5.83. The van der Waals surface area contributed by atoms with Crippen LogP contribution in [-0.2, 0) is 10.4 Å². The van der Waals surface area contributed by atoms with Crippen LogP contribution < -0.4 is 14.8 Å². The Bertz CT molecular complexity index is 706. The van der Waals surface area contributed by atoms with Gasteiger partial charge in [-0.1, -0.05) is 6.07 Å². The minimum atomic E-state index is -1.14. The number of fused-ring (bicyclic) bond motifs is 1. The van der Waals surface area contributed by atoms with Crippen LogP contribution in [0.5, 0.6) is 11.5 Å². The van der Waals surface area contributed by atoms with E-state index < -0.39 is 5.60 Å². The molecule has 5 heteroatoms. The number of hydrogen-bond donors (Lipinski definition) is 2. The molecule has 0 spiro atoms. The number of carbonyl (C=O) groups excluding carboxylic acids is 1. The topological polar surface area (TPSA) is 67.8 Å². The molecule has 1 aromatic rings. The number of hydrogen-bond acceptors (Lipinski definition) is 4. The van der Waals surface area contributed by atoms with Gasteiger partial charge in [-0.2, -0.15) is 0 Å². The summed E-state index contributed by atoms with van der Waals surface area (Å²) in [6, 6.07) is 5.46. The number of ether oxygens (including phenoxy) is 2. The predicted octanol–water partition coefficient (Wildman–Crippen LogP) is 2.96. The zero-order chi connectivity index (χ0) is 17.9. The Balaban J connectivity index is 1.29. The molecule has 5 aliphatic rings. The van der Waals surface area contributed by atoms with Crippen LogP contribution in [0.15, 0.2) is 18.2 Å². The van der Waals surface area contributed by atoms with E-state index in [9.17, 15) is 9.90 Å². The molecule has 4 fully saturated rings. The summed E-state index contributed by atoms with van der Waals surface area (Å²) in [5, 5.41) is 14.0. The fourth-order valence-corrected chi connectivity index (χ4v) is 6.16. The molecule has 4 aliphatic carbocycles. The number of amides is 1. The number of nitrogens with one attached hydrogen (secondary N) is 1. The molecule has 5 nitrogen and oxygen atoms in total. The summed E-state index contributed by atoms with van der Waals surface area (Å²) >= 11 is 0. The van der Waals surface area contributed by atoms with E-state index in [1.165, 1.54) is 19.3 Å². The van der Waals surface area contributed by atoms with Crippen molar-refractivity contribution in [3.63, 3.8) is 0 Å². The Kier molecular flexibility index (Phi) is 3.55. The second-order valence-electron chi connectivity index (χ2n) is 9.22. The quantitative estimate of drug-likeness (QED) is 0.869. The van der Waals surface area contributed by atoms with Gasteiger partial charge in [0, 0.05) is 5.41 Å². The van der Waals surface area contributed by atoms with Gasteiger partial charge in [0.2, 0.25) is 12.7 Å². The van der Waals surface area contributed by atoms with Crippen molar-refractivity contribution >= 4 is 5.91 Å². The normalized spacial score (nSPS) is 36.0. The van der Waals surface area contributed by atoms with Gasteiger partial charge in [-0.25, -0.2) is 0 Å². The fraction of sp³-hybridized carbons (Fsp3) is 0.667. The summed E-state index contributed by atoms with van der Waals surface area (Å²) in [6.07, 6.45) is 7.08. The SMILES string of the molecule is CC(O)(CNC(=O)C12CC3CC(CC(C3)C1)C2)c1ccc2c(c1)OCO2. The minimum absolute atomic E-state index is 0.151. The number of carbonyl (C=O) groups is 1. The maximum absolute atomic E-state index is 13.1. The summed E-state index contributed by atoms with van der Waals surface area (Å²) < 4.78 is 10.7. The van der Waals surface area contributed by atoms with Gasteiger partial charge in [0.15, 0.2) is 11.5 Å². The molecule has 26 heavy (non-hydrogen) atoms. The molecule has 2 N–H and O–H groups in total. The predicted molar refractivity (Wildman–Crippen MR) is 95.8 cm³/mol. The van der Waals surface area contributed by atoms with Crippen molar-refractivity contribution in [2.45, 2.75) is 51.0 Å². The Hall–Kier alpha value is -1.75. The van der Waals surface area contributed by atoms with E-state index in [-0.39, 0.29) is 24.7 Å². The van der Waals surface area contributed by atoms with Gasteiger partial charge < -0.3 is 19.9 Å². The molecule has 1 heterocycles. The zero-order valence-electron chi connectivity index (χ0n) is 15.3. The van der Waals surface area contributed by atoms with E-state index in [1.54, 1.807) is 13.0 Å². The molecule has 1 amide bonds. The second-order valence-corrected chi connectivity index (χ2v) is 9.22. The highest BCUT2D eigenvalue weighted by Gasteiger charge is 2.54. The lowest BCUT2D eigenvalue weighted by molar-refractivity contribution is -0.147. The molecule has 1 unspecified atom stereocenters. The monoisotopic (exact) mass is 357 g/mol. The van der Waals surface area contributed by atoms with E-state index in [4.69, 9.17) is 9.47 Å². The van der Waals surface area contributed by atoms with Crippen molar-refractivity contribution in [1.82, 2.24) is 5.32 Å². The molecule has 1 aliphatic heterocycles. The van der Waals surface area contributed by atoms with Crippen LogP contribution in [0.3, 0.4) is 0 Å². The van der Waals surface area contributed by atoms with Crippen molar-refractivity contribution in [2.75, 3.05) is 13.3 Å². The molecular formula is C21H27NO4. The highest BCUT2D eigenvalue weighted by Crippen LogP contribution is 2.60. The Morgan fingerprint density at radius 1 is 1.15 bits per heavy atom. The fourth-order valence-electron chi connectivity index (χ4n) is 6.16. The highest BCUT2D eigenvalue weighted by atomic mass is 16.7. The maximum Gasteiger partial charge on any atom is 0.231 e. The average Bonchev–Trinajstić information content (AvgIpc) is 3.06. The molecule has 140 valence electrons. The minimum Gasteiger partial charge on any atom is -0.454 e. The van der Waals surface area contributed by atoms with Gasteiger partial charge >= 0.3 is 0 Å². The van der Waals surface area contributed by atoms with Crippen LogP contribution in [0.25, 0.3) is 0 Å². The van der Waals surface area contributed by atoms with Gasteiger partial charge in [0.05, 0.1) is 6.54 Å². The van der Waals surface area contributed by atoms with Crippen LogP contribution >= 0.6 is 0 Å². The van der Waals surface area contributed by atoms with E-state index >= 15 is 0 Å². The summed E-state index contributed by atoms with van der Waals surface area (Å²) in [6.45, 7) is 2.17. The van der Waals surface area contributed by atoms with Crippen LogP contribution in [0.2, 0.25) is 0 Å². The number of aliphatic hydroxyl groups is 1. The van der Waals surface area contributed by atoms with Crippen LogP contribution in [-0.4, -0.2) is 24.4 Å². The van der Waals surface area contributed by atoms with Gasteiger partial charge in [-0.05, 0) is 80.9 Å². The number of rotatable bonds is 4. The molecule has 1 aromatic carbocycles. The first-order valence-corrected chi connectivity index (χ1v) is 9.84. The first-order valence-electron chi connectivity index (χ1n) is 9.84. The first kappa shape index (κ1) is 16.4. The van der Waals surface area contributed by atoms with Crippen molar-refractivity contribution in [1.29, 1.82) is 0 Å². The van der Waals surface area contributed by atoms with E-state index in [1.807, 2.05) is 12.1 Å². The van der Waals surface area contributed by atoms with Gasteiger partial charge in [-0.15, -0.1) is 0 Å². The van der Waals surface area contributed by atoms with Crippen LogP contribution in [0.4, 0.5) is 0 Å². The third-order valence-electron chi connectivity index (χ3n) is 7.11. The summed E-state index contributed by atoms with van der Waals surface area (Å²) in [4.78, 5) is 13.1. The average molecular weight is 357 g/mol. The van der Waals surface area contributed by atoms with Crippen molar-refractivity contribution in [2.24, 2.45) is 23.2 Å². The third-order valence-corrected chi connectivity index (χ3v) is 7.11. The van der Waals surface area contributed by atoms with E-state index in [0.717, 1.165) is 42.6 Å². The van der Waals surface area contributed by atoms with Crippen molar-refractivity contribution in [3.05, 3.63) is 23.8 Å². The molecule has 4 bridgehead atoms. The molecule has 0 aromatic heterocycles. The number of benzene rings is 1. The largest absolute Gasteiger partial charge is 0.454 e. The molecular weight excluding hydrogens is 330 g/mol. The Morgan fingerprint density at radius 2 is 1.77 bits per heavy atom. The summed E-state index contributed by atoms with van der Waals surface area (Å²) in [5.74, 6) is 3.71. The van der Waals surface area contributed by atoms with Gasteiger partial charge in [-0.3, -0.25) is 4.79 Å². The van der Waals surface area contributed by atoms with Crippen molar-refractivity contribution < 1.29 is 19.4 Å². The van der Waals surface area contributed by atoms with E-state index in [2.05, 4.69) is 5.32 Å². The van der Waals surface area contributed by atoms with Gasteiger partial charge in [0.1, 0.15) is 5.60 Å². The molecule has 4 saturated carbocycles. The van der Waals surface area contributed by atoms with Crippen LogP contribution in [0.1, 0.15) is 51.0 Å². The van der Waals surface area contributed by atoms with Crippen LogP contribution in [0, 0.1) is 23.2 Å². The zero-order valence-corrected chi connectivity index (χ0v) is 15.3. The maximum atomic E-state index is 13.1. The van der Waals surface area contributed by atoms with E-state index in [0.29, 0.717) is 11.5 Å². The Labute approximate surface area is 154 Å².